The van der Waals surface area contributed by atoms with Crippen LogP contribution in [0.1, 0.15) is 55.6 Å². The molecular formula is C46H43BrN4. The maximum absolute atomic E-state index is 5.39. The number of likely N-dealkylation sites (tertiary alicyclic amines) is 1. The van der Waals surface area contributed by atoms with Gasteiger partial charge in [-0.1, -0.05) is 83.0 Å². The molecule has 254 valence electrons. The van der Waals surface area contributed by atoms with Gasteiger partial charge in [-0.3, -0.25) is 4.99 Å². The molecule has 5 aromatic rings. The van der Waals surface area contributed by atoms with Crippen molar-refractivity contribution in [1.29, 1.82) is 0 Å². The van der Waals surface area contributed by atoms with Gasteiger partial charge in [0.15, 0.2) is 0 Å². The van der Waals surface area contributed by atoms with Crippen molar-refractivity contribution in [2.75, 3.05) is 26.2 Å². The van der Waals surface area contributed by atoms with Crippen LogP contribution in [0, 0.1) is 16.4 Å². The Balaban J connectivity index is 1.12. The highest BCUT2D eigenvalue weighted by Crippen LogP contribution is 2.36. The first kappa shape index (κ1) is 31.4. The van der Waals surface area contributed by atoms with Crippen molar-refractivity contribution in [2.45, 2.75) is 57.4 Å². The van der Waals surface area contributed by atoms with Gasteiger partial charge in [0.05, 0.1) is 23.3 Å². The molecule has 10 rings (SSSR count). The van der Waals surface area contributed by atoms with E-state index >= 15 is 0 Å². The third kappa shape index (κ3) is 5.61. The van der Waals surface area contributed by atoms with Gasteiger partial charge in [0.2, 0.25) is 0 Å². The van der Waals surface area contributed by atoms with E-state index in [0.29, 0.717) is 18.4 Å². The zero-order valence-corrected chi connectivity index (χ0v) is 30.7. The van der Waals surface area contributed by atoms with Crippen LogP contribution in [0.25, 0.3) is 28.1 Å². The topological polar surface area (TPSA) is 32.9 Å². The molecule has 5 aliphatic rings. The SMILES string of the molecule is Brc1ccc2c(ccn2CCC2CCc3c4c(ccc3=C2C2=NCC3=c5ccccc5=NC3=C2)=c2ccccc2=CC4CCN2CCCCC2)c1. The molecule has 0 spiro atoms. The molecule has 0 saturated carbocycles. The number of aromatic nitrogens is 1. The van der Waals surface area contributed by atoms with E-state index in [0.717, 1.165) is 47.0 Å². The lowest BCUT2D eigenvalue weighted by Gasteiger charge is -2.32. The first-order valence-corrected chi connectivity index (χ1v) is 19.8. The Kier molecular flexibility index (Phi) is 8.02. The molecule has 4 nitrogen and oxygen atoms in total. The number of benzene rings is 4. The van der Waals surface area contributed by atoms with E-state index in [-0.39, 0.29) is 0 Å². The van der Waals surface area contributed by atoms with Gasteiger partial charge in [0.1, 0.15) is 0 Å². The molecule has 0 radical (unpaired) electrons. The first-order chi connectivity index (χ1) is 25.2. The Hall–Kier alpha value is -4.32. The first-order valence-electron chi connectivity index (χ1n) is 19.1. The molecule has 1 saturated heterocycles. The fourth-order valence-corrected chi connectivity index (χ4v) is 10.1. The third-order valence-electron chi connectivity index (χ3n) is 12.2. The van der Waals surface area contributed by atoms with E-state index in [9.17, 15) is 0 Å². The van der Waals surface area contributed by atoms with Gasteiger partial charge in [0, 0.05) is 44.8 Å². The molecule has 2 atom stereocenters. The van der Waals surface area contributed by atoms with E-state index in [4.69, 9.17) is 9.98 Å². The van der Waals surface area contributed by atoms with E-state index < -0.39 is 0 Å². The second-order valence-corrected chi connectivity index (χ2v) is 16.0. The number of dihydropyridines is 1. The summed E-state index contributed by atoms with van der Waals surface area (Å²) in [6.45, 7) is 5.34. The summed E-state index contributed by atoms with van der Waals surface area (Å²) in [7, 11) is 0. The minimum Gasteiger partial charge on any atom is -0.347 e. The number of piperidine rings is 1. The number of nitrogens with zero attached hydrogens (tertiary/aromatic N) is 4. The lowest BCUT2D eigenvalue weighted by molar-refractivity contribution is 0.224. The number of aliphatic imine (C=N–C) groups is 1. The molecule has 1 aromatic heterocycles. The van der Waals surface area contributed by atoms with E-state index in [2.05, 4.69) is 129 Å². The molecular weight excluding hydrogens is 688 g/mol. The summed E-state index contributed by atoms with van der Waals surface area (Å²) in [5, 5.41) is 9.25. The maximum Gasteiger partial charge on any atom is 0.0716 e. The van der Waals surface area contributed by atoms with Crippen LogP contribution in [0.2, 0.25) is 0 Å². The Morgan fingerprint density at radius 2 is 1.63 bits per heavy atom. The molecule has 4 aromatic carbocycles. The van der Waals surface area contributed by atoms with Crippen LogP contribution in [0.5, 0.6) is 0 Å². The average Bonchev–Trinajstić information content (AvgIpc) is 3.76. The van der Waals surface area contributed by atoms with Crippen LogP contribution in [0.4, 0.5) is 0 Å². The van der Waals surface area contributed by atoms with E-state index in [1.165, 1.54) is 93.5 Å². The molecule has 51 heavy (non-hydrogen) atoms. The van der Waals surface area contributed by atoms with Gasteiger partial charge >= 0.3 is 0 Å². The van der Waals surface area contributed by atoms with Crippen LogP contribution in [0.3, 0.4) is 0 Å². The van der Waals surface area contributed by atoms with Crippen molar-refractivity contribution < 1.29 is 0 Å². The molecule has 0 amide bonds. The highest BCUT2D eigenvalue weighted by Gasteiger charge is 2.30. The smallest absolute Gasteiger partial charge is 0.0716 e. The fourth-order valence-electron chi connectivity index (χ4n) is 9.69. The summed E-state index contributed by atoms with van der Waals surface area (Å²) in [4.78, 5) is 13.2. The Labute approximate surface area is 307 Å². The number of halogens is 1. The number of aryl methyl sites for hydroxylation is 1. The number of rotatable bonds is 7. The average molecular weight is 732 g/mol. The van der Waals surface area contributed by atoms with Crippen molar-refractivity contribution >= 4 is 49.8 Å². The van der Waals surface area contributed by atoms with Crippen LogP contribution >= 0.6 is 15.9 Å². The normalized spacial score (nSPS) is 20.7. The van der Waals surface area contributed by atoms with Gasteiger partial charge in [-0.05, 0) is 138 Å². The summed E-state index contributed by atoms with van der Waals surface area (Å²) in [5.74, 6) is 0.831. The molecule has 4 heterocycles. The summed E-state index contributed by atoms with van der Waals surface area (Å²) < 4.78 is 3.57. The Morgan fingerprint density at radius 1 is 0.784 bits per heavy atom. The summed E-state index contributed by atoms with van der Waals surface area (Å²) in [6, 6.07) is 31.4. The zero-order chi connectivity index (χ0) is 33.9. The number of fused-ring (bicyclic) bond motifs is 7. The second-order valence-electron chi connectivity index (χ2n) is 15.1. The third-order valence-corrected chi connectivity index (χ3v) is 12.7. The second kappa shape index (κ2) is 13.0. The molecule has 0 bridgehead atoms. The van der Waals surface area contributed by atoms with Crippen LogP contribution in [-0.4, -0.2) is 41.4 Å². The molecule has 0 N–H and O–H groups in total. The Morgan fingerprint density at radius 3 is 2.55 bits per heavy atom. The zero-order valence-electron chi connectivity index (χ0n) is 29.1. The van der Waals surface area contributed by atoms with Crippen molar-refractivity contribution in [1.82, 2.24) is 9.47 Å². The van der Waals surface area contributed by atoms with Gasteiger partial charge in [0.25, 0.3) is 0 Å². The molecule has 5 heteroatoms. The standard InChI is InChI=1S/C46H43BrN4/c47-34-13-17-44-32(27-34)20-25-51(44)24-19-30-12-14-38-39(46(30)43-28-42-40(29-48-43)36-10-4-5-11-41(36)49-42)16-15-37-35-9-3-2-8-31(35)26-33(45(37)38)18-23-50-21-6-1-7-22-50/h2-5,8-11,13,15-17,20,25-28,30,33H,1,6-7,12,14,18-19,21-24,29H2. The van der Waals surface area contributed by atoms with Gasteiger partial charge in [-0.15, -0.1) is 0 Å². The number of hydrogen-bond acceptors (Lipinski definition) is 3. The maximum atomic E-state index is 5.39. The minimum absolute atomic E-state index is 0.413. The lowest BCUT2D eigenvalue weighted by Crippen LogP contribution is -2.34. The summed E-state index contributed by atoms with van der Waals surface area (Å²) >= 11 is 3.66. The predicted molar refractivity (Wildman–Crippen MR) is 212 cm³/mol. The van der Waals surface area contributed by atoms with Crippen LogP contribution < -0.4 is 21.0 Å². The summed E-state index contributed by atoms with van der Waals surface area (Å²) in [5.41, 5.74) is 9.38. The number of hydrogen-bond donors (Lipinski definition) is 0. The molecule has 1 fully saturated rings. The molecule has 2 aliphatic carbocycles. The number of para-hydroxylation sites is 1. The van der Waals surface area contributed by atoms with Gasteiger partial charge < -0.3 is 9.47 Å². The minimum atomic E-state index is 0.413. The van der Waals surface area contributed by atoms with Crippen molar-refractivity contribution in [2.24, 2.45) is 15.9 Å². The van der Waals surface area contributed by atoms with E-state index in [1.807, 2.05) is 0 Å². The highest BCUT2D eigenvalue weighted by molar-refractivity contribution is 9.10. The van der Waals surface area contributed by atoms with Gasteiger partial charge in [-0.2, -0.15) is 0 Å². The van der Waals surface area contributed by atoms with Crippen LogP contribution in [-0.2, 0) is 13.0 Å². The fraction of sp³-hybridized carbons (Fsp3) is 0.304. The predicted octanol–water partition coefficient (Wildman–Crippen LogP) is 7.07. The van der Waals surface area contributed by atoms with Crippen molar-refractivity contribution in [3.63, 3.8) is 0 Å². The lowest BCUT2D eigenvalue weighted by atomic mass is 9.74. The monoisotopic (exact) mass is 730 g/mol. The Bertz CT molecular complexity index is 2640. The van der Waals surface area contributed by atoms with Gasteiger partial charge in [-0.25, -0.2) is 4.99 Å². The largest absolute Gasteiger partial charge is 0.347 e. The van der Waals surface area contributed by atoms with E-state index in [1.54, 1.807) is 11.1 Å². The molecule has 3 aliphatic heterocycles. The van der Waals surface area contributed by atoms with Crippen molar-refractivity contribution in [3.8, 4) is 0 Å². The number of allylic oxidation sites excluding steroid dienone is 1. The molecule has 2 unspecified atom stereocenters. The summed E-state index contributed by atoms with van der Waals surface area (Å²) in [6.07, 6.45) is 15.7. The van der Waals surface area contributed by atoms with Crippen molar-refractivity contribution in [3.05, 3.63) is 150 Å². The highest BCUT2D eigenvalue weighted by atomic mass is 79.9. The quantitative estimate of drug-likeness (QED) is 0.177. The van der Waals surface area contributed by atoms with Crippen LogP contribution in [0.15, 0.2) is 117 Å².